The number of hydrogen-bond acceptors (Lipinski definition) is 3. The van der Waals surface area contributed by atoms with Gasteiger partial charge in [-0.3, -0.25) is 9.59 Å². The maximum Gasteiger partial charge on any atom is 0.251 e. The van der Waals surface area contributed by atoms with Crippen molar-refractivity contribution in [1.29, 1.82) is 0 Å². The van der Waals surface area contributed by atoms with Gasteiger partial charge in [-0.05, 0) is 42.5 Å². The average Bonchev–Trinajstić information content (AvgIpc) is 2.60. The summed E-state index contributed by atoms with van der Waals surface area (Å²) >= 11 is 0. The van der Waals surface area contributed by atoms with Crippen LogP contribution in [0.4, 0.5) is 0 Å². The lowest BCUT2D eigenvalue weighted by molar-refractivity contribution is -0.135. The van der Waals surface area contributed by atoms with Crippen molar-refractivity contribution in [3.05, 3.63) is 35.4 Å². The second-order valence-corrected chi connectivity index (χ2v) is 9.11. The lowest BCUT2D eigenvalue weighted by atomic mass is 9.86. The highest BCUT2D eigenvalue weighted by molar-refractivity contribution is 5.97. The van der Waals surface area contributed by atoms with Crippen LogP contribution in [0.25, 0.3) is 0 Å². The fourth-order valence-corrected chi connectivity index (χ4v) is 3.30. The number of piperazine rings is 1. The summed E-state index contributed by atoms with van der Waals surface area (Å²) in [6, 6.07) is 7.22. The van der Waals surface area contributed by atoms with Gasteiger partial charge in [-0.1, -0.05) is 46.8 Å². The number of benzene rings is 1. The van der Waals surface area contributed by atoms with E-state index in [1.165, 1.54) is 5.56 Å². The van der Waals surface area contributed by atoms with Gasteiger partial charge >= 0.3 is 0 Å². The first-order valence-electron chi connectivity index (χ1n) is 9.96. The molecule has 1 atom stereocenters. The Bertz CT molecular complexity index is 639. The number of hydrogen-bond donors (Lipinski definition) is 1. The zero-order valence-corrected chi connectivity index (χ0v) is 17.7. The fourth-order valence-electron chi connectivity index (χ4n) is 3.30. The molecule has 1 fully saturated rings. The minimum absolute atomic E-state index is 0.0384. The predicted molar refractivity (Wildman–Crippen MR) is 110 cm³/mol. The first-order valence-corrected chi connectivity index (χ1v) is 9.96. The third-order valence-electron chi connectivity index (χ3n) is 5.14. The number of carbonyl (C=O) groups excluding carboxylic acids is 2. The van der Waals surface area contributed by atoms with Crippen molar-refractivity contribution >= 4 is 11.8 Å². The van der Waals surface area contributed by atoms with Gasteiger partial charge in [-0.25, -0.2) is 0 Å². The molecular formula is C22H35N3O2. The monoisotopic (exact) mass is 373 g/mol. The predicted octanol–water partition coefficient (Wildman–Crippen LogP) is 2.90. The third kappa shape index (κ3) is 6.06. The van der Waals surface area contributed by atoms with Gasteiger partial charge in [-0.15, -0.1) is 0 Å². The molecule has 0 spiro atoms. The van der Waals surface area contributed by atoms with Crippen LogP contribution in [0, 0.1) is 5.92 Å². The van der Waals surface area contributed by atoms with Gasteiger partial charge in [0.25, 0.3) is 5.91 Å². The Kier molecular flexibility index (Phi) is 7.04. The van der Waals surface area contributed by atoms with Crippen LogP contribution in [0.5, 0.6) is 0 Å². The quantitative estimate of drug-likeness (QED) is 0.863. The molecule has 5 heteroatoms. The van der Waals surface area contributed by atoms with Crippen molar-refractivity contribution in [3.8, 4) is 0 Å². The summed E-state index contributed by atoms with van der Waals surface area (Å²) in [5.41, 5.74) is 1.83. The van der Waals surface area contributed by atoms with E-state index in [9.17, 15) is 9.59 Å². The molecule has 1 N–H and O–H groups in total. The van der Waals surface area contributed by atoms with E-state index in [4.69, 9.17) is 0 Å². The zero-order chi connectivity index (χ0) is 20.2. The molecule has 1 aliphatic rings. The van der Waals surface area contributed by atoms with E-state index < -0.39 is 6.04 Å². The van der Waals surface area contributed by atoms with Crippen molar-refractivity contribution < 1.29 is 9.59 Å². The van der Waals surface area contributed by atoms with Crippen LogP contribution in [0.15, 0.2) is 24.3 Å². The Morgan fingerprint density at radius 1 is 1.04 bits per heavy atom. The number of nitrogens with zero attached hydrogens (tertiary/aromatic N) is 2. The van der Waals surface area contributed by atoms with Gasteiger partial charge in [0.1, 0.15) is 6.04 Å². The largest absolute Gasteiger partial charge is 0.340 e. The van der Waals surface area contributed by atoms with Gasteiger partial charge < -0.3 is 15.1 Å². The Balaban J connectivity index is 2.08. The minimum Gasteiger partial charge on any atom is -0.340 e. The number of rotatable bonds is 5. The highest BCUT2D eigenvalue weighted by Gasteiger charge is 2.28. The number of amides is 2. The fraction of sp³-hybridized carbons (Fsp3) is 0.636. The molecule has 5 nitrogen and oxygen atoms in total. The molecular weight excluding hydrogens is 338 g/mol. The zero-order valence-electron chi connectivity index (χ0n) is 17.7. The Morgan fingerprint density at radius 3 is 2.07 bits per heavy atom. The maximum atomic E-state index is 13.0. The van der Waals surface area contributed by atoms with Crippen LogP contribution in [0.2, 0.25) is 0 Å². The molecule has 150 valence electrons. The normalized spacial score (nSPS) is 17.1. The molecule has 1 aliphatic heterocycles. The van der Waals surface area contributed by atoms with Crippen LogP contribution in [-0.2, 0) is 10.2 Å². The number of carbonyl (C=O) groups is 2. The van der Waals surface area contributed by atoms with Crippen molar-refractivity contribution in [2.24, 2.45) is 5.92 Å². The molecule has 1 aromatic carbocycles. The molecule has 1 saturated heterocycles. The lowest BCUT2D eigenvalue weighted by Gasteiger charge is -2.35. The molecule has 2 amide bonds. The topological polar surface area (TPSA) is 52.7 Å². The second kappa shape index (κ2) is 8.87. The van der Waals surface area contributed by atoms with Crippen molar-refractivity contribution in [3.63, 3.8) is 0 Å². The van der Waals surface area contributed by atoms with E-state index in [1.807, 2.05) is 29.2 Å². The Morgan fingerprint density at radius 2 is 1.59 bits per heavy atom. The van der Waals surface area contributed by atoms with Crippen molar-refractivity contribution in [1.82, 2.24) is 15.1 Å². The highest BCUT2D eigenvalue weighted by atomic mass is 16.2. The lowest BCUT2D eigenvalue weighted by Crippen LogP contribution is -2.54. The number of nitrogens with one attached hydrogen (secondary N) is 1. The van der Waals surface area contributed by atoms with Gasteiger partial charge in [0, 0.05) is 31.7 Å². The first-order chi connectivity index (χ1) is 12.6. The van der Waals surface area contributed by atoms with Gasteiger partial charge in [0.2, 0.25) is 5.91 Å². The van der Waals surface area contributed by atoms with E-state index >= 15 is 0 Å². The molecule has 0 radical (unpaired) electrons. The third-order valence-corrected chi connectivity index (χ3v) is 5.14. The summed E-state index contributed by atoms with van der Waals surface area (Å²) < 4.78 is 0. The van der Waals surface area contributed by atoms with E-state index in [-0.39, 0.29) is 17.2 Å². The molecule has 0 bridgehead atoms. The van der Waals surface area contributed by atoms with Gasteiger partial charge in [0.05, 0.1) is 0 Å². The van der Waals surface area contributed by atoms with Crippen LogP contribution < -0.4 is 5.32 Å². The summed E-state index contributed by atoms with van der Waals surface area (Å²) in [6.45, 7) is 13.8. The molecule has 0 unspecified atom stereocenters. The summed E-state index contributed by atoms with van der Waals surface area (Å²) in [5, 5.41) is 2.99. The molecule has 1 heterocycles. The van der Waals surface area contributed by atoms with E-state index in [0.29, 0.717) is 17.9 Å². The summed E-state index contributed by atoms with van der Waals surface area (Å²) in [5.74, 6) is 0.190. The Labute approximate surface area is 164 Å². The van der Waals surface area contributed by atoms with Gasteiger partial charge in [-0.2, -0.15) is 0 Å². The molecule has 2 rings (SSSR count). The summed E-state index contributed by atoms with van der Waals surface area (Å²) in [6.07, 6.45) is 0.650. The van der Waals surface area contributed by atoms with E-state index in [2.05, 4.69) is 51.9 Å². The molecule has 0 aliphatic carbocycles. The van der Waals surface area contributed by atoms with E-state index in [0.717, 1.165) is 26.2 Å². The number of likely N-dealkylation sites (N-methyl/N-ethyl adjacent to an activating group) is 1. The molecule has 27 heavy (non-hydrogen) atoms. The van der Waals surface area contributed by atoms with Crippen LogP contribution in [0.1, 0.15) is 57.0 Å². The molecule has 0 aromatic heterocycles. The Hall–Kier alpha value is -1.88. The second-order valence-electron chi connectivity index (χ2n) is 9.11. The molecule has 0 saturated carbocycles. The van der Waals surface area contributed by atoms with Crippen LogP contribution in [0.3, 0.4) is 0 Å². The smallest absolute Gasteiger partial charge is 0.251 e. The standard InChI is InChI=1S/C22H35N3O2/c1-16(2)15-19(21(27)25-13-11-24(6)12-14-25)23-20(26)17-7-9-18(10-8-17)22(3,4)5/h7-10,16,19H,11-15H2,1-6H3,(H,23,26)/t19-/m1/s1. The SMILES string of the molecule is CC(C)C[C@@H](NC(=O)c1ccc(C(C)(C)C)cc1)C(=O)N1CCN(C)CC1. The van der Waals surface area contributed by atoms with Crippen LogP contribution in [-0.4, -0.2) is 60.9 Å². The van der Waals surface area contributed by atoms with Crippen molar-refractivity contribution in [2.45, 2.75) is 52.5 Å². The van der Waals surface area contributed by atoms with Crippen molar-refractivity contribution in [2.75, 3.05) is 33.2 Å². The minimum atomic E-state index is -0.469. The maximum absolute atomic E-state index is 13.0. The summed E-state index contributed by atoms with van der Waals surface area (Å²) in [7, 11) is 2.07. The van der Waals surface area contributed by atoms with Gasteiger partial charge in [0.15, 0.2) is 0 Å². The first kappa shape index (κ1) is 21.4. The highest BCUT2D eigenvalue weighted by Crippen LogP contribution is 2.22. The van der Waals surface area contributed by atoms with E-state index in [1.54, 1.807) is 0 Å². The molecule has 1 aromatic rings. The van der Waals surface area contributed by atoms with Crippen LogP contribution >= 0.6 is 0 Å². The summed E-state index contributed by atoms with van der Waals surface area (Å²) in [4.78, 5) is 29.8. The average molecular weight is 374 g/mol.